The van der Waals surface area contributed by atoms with Crippen LogP contribution in [-0.2, 0) is 0 Å². The highest BCUT2D eigenvalue weighted by Gasteiger charge is 2.25. The monoisotopic (exact) mass is 267 g/mol. The first-order valence-corrected chi connectivity index (χ1v) is 6.24. The Balaban J connectivity index is 2.88. The van der Waals surface area contributed by atoms with Gasteiger partial charge in [-0.2, -0.15) is 0 Å². The van der Waals surface area contributed by atoms with Gasteiger partial charge in [0.15, 0.2) is 5.78 Å². The maximum Gasteiger partial charge on any atom is 0.193 e. The Morgan fingerprint density at radius 2 is 1.58 bits per heavy atom. The molecule has 0 aliphatic heterocycles. The van der Waals surface area contributed by atoms with E-state index in [9.17, 15) is 9.90 Å². The van der Waals surface area contributed by atoms with Crippen LogP contribution in [0.25, 0.3) is 0 Å². The van der Waals surface area contributed by atoms with Crippen molar-refractivity contribution in [1.29, 1.82) is 0 Å². The smallest absolute Gasteiger partial charge is 0.193 e. The van der Waals surface area contributed by atoms with Gasteiger partial charge in [-0.15, -0.1) is 0 Å². The van der Waals surface area contributed by atoms with Gasteiger partial charge in [-0.1, -0.05) is 0 Å². The van der Waals surface area contributed by atoms with Crippen LogP contribution >= 0.6 is 0 Å². The van der Waals surface area contributed by atoms with Gasteiger partial charge in [-0.05, 0) is 38.1 Å². The first-order valence-electron chi connectivity index (χ1n) is 6.24. The summed E-state index contributed by atoms with van der Waals surface area (Å²) in [5.41, 5.74) is -0.142. The number of benzene rings is 1. The predicted octanol–water partition coefficient (Wildman–Crippen LogP) is 0.431. The number of anilines is 1. The topological polar surface area (TPSA) is 81.0 Å². The predicted molar refractivity (Wildman–Crippen MR) is 73.5 cm³/mol. The fourth-order valence-corrected chi connectivity index (χ4v) is 1.79. The second-order valence-corrected chi connectivity index (χ2v) is 4.87. The van der Waals surface area contributed by atoms with Gasteiger partial charge >= 0.3 is 0 Å². The summed E-state index contributed by atoms with van der Waals surface area (Å²) in [6.07, 6.45) is 0. The standard InChI is InChI=1S/C14H21NO4/c1-14(2,19)13(18)11-3-5-12(6-4-11)15(7-9-16)8-10-17/h3-6,16-17,19H,7-10H2,1-2H3. The van der Waals surface area contributed by atoms with Gasteiger partial charge in [0, 0.05) is 24.3 Å². The van der Waals surface area contributed by atoms with Crippen LogP contribution in [0, 0.1) is 0 Å². The molecule has 3 N–H and O–H groups in total. The lowest BCUT2D eigenvalue weighted by atomic mass is 9.97. The fraction of sp³-hybridized carbons (Fsp3) is 0.500. The van der Waals surface area contributed by atoms with Gasteiger partial charge in [0.2, 0.25) is 0 Å². The average molecular weight is 267 g/mol. The molecule has 1 rings (SSSR count). The van der Waals surface area contributed by atoms with Crippen LogP contribution in [0.15, 0.2) is 24.3 Å². The third kappa shape index (κ3) is 4.31. The number of rotatable bonds is 7. The number of carbonyl (C=O) groups is 1. The Hall–Kier alpha value is -1.43. The molecule has 1 aromatic carbocycles. The van der Waals surface area contributed by atoms with Crippen LogP contribution in [0.4, 0.5) is 5.69 Å². The third-order valence-electron chi connectivity index (χ3n) is 2.79. The summed E-state index contributed by atoms with van der Waals surface area (Å²) in [6.45, 7) is 3.72. The Labute approximate surface area is 113 Å². The summed E-state index contributed by atoms with van der Waals surface area (Å²) in [5, 5.41) is 27.6. The molecule has 0 heterocycles. The van der Waals surface area contributed by atoms with Gasteiger partial charge in [0.25, 0.3) is 0 Å². The van der Waals surface area contributed by atoms with E-state index in [0.29, 0.717) is 18.7 Å². The van der Waals surface area contributed by atoms with Crippen LogP contribution in [0.1, 0.15) is 24.2 Å². The molecule has 0 aromatic heterocycles. The number of ketones is 1. The van der Waals surface area contributed by atoms with Crippen LogP contribution in [0.2, 0.25) is 0 Å². The van der Waals surface area contributed by atoms with Crippen molar-refractivity contribution >= 4 is 11.5 Å². The number of carbonyl (C=O) groups excluding carboxylic acids is 1. The second kappa shape index (κ2) is 6.65. The molecule has 0 spiro atoms. The number of Topliss-reactive ketones (excluding diaryl/α,β-unsaturated/α-hetero) is 1. The van der Waals surface area contributed by atoms with E-state index in [0.717, 1.165) is 5.69 Å². The molecular formula is C14H21NO4. The maximum atomic E-state index is 11.9. The van der Waals surface area contributed by atoms with Crippen molar-refractivity contribution in [3.05, 3.63) is 29.8 Å². The second-order valence-electron chi connectivity index (χ2n) is 4.87. The molecular weight excluding hydrogens is 246 g/mol. The average Bonchev–Trinajstić information content (AvgIpc) is 2.37. The van der Waals surface area contributed by atoms with Crippen molar-refractivity contribution in [2.24, 2.45) is 0 Å². The van der Waals surface area contributed by atoms with E-state index in [-0.39, 0.29) is 19.0 Å². The molecule has 0 aliphatic rings. The molecule has 0 radical (unpaired) electrons. The molecule has 5 nitrogen and oxygen atoms in total. The van der Waals surface area contributed by atoms with Gasteiger partial charge in [-0.25, -0.2) is 0 Å². The van der Waals surface area contributed by atoms with Gasteiger partial charge in [0.1, 0.15) is 5.60 Å². The summed E-state index contributed by atoms with van der Waals surface area (Å²) in [6, 6.07) is 6.75. The zero-order chi connectivity index (χ0) is 14.5. The Morgan fingerprint density at radius 1 is 1.11 bits per heavy atom. The molecule has 19 heavy (non-hydrogen) atoms. The number of hydrogen-bond donors (Lipinski definition) is 3. The largest absolute Gasteiger partial charge is 0.395 e. The van der Waals surface area contributed by atoms with Gasteiger partial charge in [0.05, 0.1) is 13.2 Å². The first-order chi connectivity index (χ1) is 8.90. The van der Waals surface area contributed by atoms with Crippen molar-refractivity contribution in [2.75, 3.05) is 31.2 Å². The van der Waals surface area contributed by atoms with Crippen molar-refractivity contribution in [2.45, 2.75) is 19.4 Å². The summed E-state index contributed by atoms with van der Waals surface area (Å²) in [5.74, 6) is -0.338. The fourth-order valence-electron chi connectivity index (χ4n) is 1.79. The van der Waals surface area contributed by atoms with Crippen molar-refractivity contribution in [3.8, 4) is 0 Å². The molecule has 0 unspecified atom stereocenters. The van der Waals surface area contributed by atoms with E-state index in [1.165, 1.54) is 13.8 Å². The van der Waals surface area contributed by atoms with Crippen molar-refractivity contribution < 1.29 is 20.1 Å². The molecule has 0 amide bonds. The quantitative estimate of drug-likeness (QED) is 0.624. The normalized spacial score (nSPS) is 11.4. The highest BCUT2D eigenvalue weighted by atomic mass is 16.3. The van der Waals surface area contributed by atoms with E-state index >= 15 is 0 Å². The van der Waals surface area contributed by atoms with E-state index in [4.69, 9.17) is 10.2 Å². The van der Waals surface area contributed by atoms with E-state index in [2.05, 4.69) is 0 Å². The summed E-state index contributed by atoms with van der Waals surface area (Å²) in [7, 11) is 0. The minimum absolute atomic E-state index is 0.00957. The number of aliphatic hydroxyl groups excluding tert-OH is 2. The Bertz CT molecular complexity index is 402. The molecule has 0 bridgehead atoms. The highest BCUT2D eigenvalue weighted by Crippen LogP contribution is 2.18. The minimum atomic E-state index is -1.39. The Kier molecular flexibility index (Phi) is 5.47. The molecule has 0 saturated heterocycles. The first kappa shape index (κ1) is 15.6. The number of aliphatic hydroxyl groups is 3. The molecule has 0 aliphatic carbocycles. The Morgan fingerprint density at radius 3 is 1.95 bits per heavy atom. The van der Waals surface area contributed by atoms with E-state index in [1.807, 2.05) is 4.90 Å². The lowest BCUT2D eigenvalue weighted by Crippen LogP contribution is -2.31. The number of hydrogen-bond acceptors (Lipinski definition) is 5. The molecule has 1 aromatic rings. The van der Waals surface area contributed by atoms with Crippen LogP contribution in [0.5, 0.6) is 0 Å². The summed E-state index contributed by atoms with van der Waals surface area (Å²) < 4.78 is 0. The molecule has 0 fully saturated rings. The third-order valence-corrected chi connectivity index (χ3v) is 2.79. The van der Waals surface area contributed by atoms with E-state index < -0.39 is 5.60 Å². The minimum Gasteiger partial charge on any atom is -0.395 e. The van der Waals surface area contributed by atoms with Gasteiger partial charge in [-0.3, -0.25) is 4.79 Å². The summed E-state index contributed by atoms with van der Waals surface area (Å²) >= 11 is 0. The highest BCUT2D eigenvalue weighted by molar-refractivity contribution is 6.01. The zero-order valence-corrected chi connectivity index (χ0v) is 11.3. The maximum absolute atomic E-state index is 11.9. The molecule has 0 saturated carbocycles. The lowest BCUT2D eigenvalue weighted by molar-refractivity contribution is 0.0488. The SMILES string of the molecule is CC(C)(O)C(=O)c1ccc(N(CCO)CCO)cc1. The van der Waals surface area contributed by atoms with Crippen LogP contribution in [-0.4, -0.2) is 53.0 Å². The van der Waals surface area contributed by atoms with Crippen molar-refractivity contribution in [1.82, 2.24) is 0 Å². The lowest BCUT2D eigenvalue weighted by Gasteiger charge is -2.23. The zero-order valence-electron chi connectivity index (χ0n) is 11.3. The van der Waals surface area contributed by atoms with Gasteiger partial charge < -0.3 is 20.2 Å². The van der Waals surface area contributed by atoms with Crippen molar-refractivity contribution in [3.63, 3.8) is 0 Å². The molecule has 0 atom stereocenters. The van der Waals surface area contributed by atoms with E-state index in [1.54, 1.807) is 24.3 Å². The summed E-state index contributed by atoms with van der Waals surface area (Å²) in [4.78, 5) is 13.7. The molecule has 106 valence electrons. The molecule has 5 heteroatoms. The van der Waals surface area contributed by atoms with Crippen LogP contribution < -0.4 is 4.90 Å². The van der Waals surface area contributed by atoms with Crippen LogP contribution in [0.3, 0.4) is 0 Å². The number of nitrogens with zero attached hydrogens (tertiary/aromatic N) is 1.